The van der Waals surface area contributed by atoms with E-state index in [4.69, 9.17) is 4.42 Å². The maximum absolute atomic E-state index is 12.8. The third-order valence-electron chi connectivity index (χ3n) is 5.06. The second-order valence-corrected chi connectivity index (χ2v) is 7.08. The van der Waals surface area contributed by atoms with E-state index in [2.05, 4.69) is 10.6 Å². The molecule has 29 heavy (non-hydrogen) atoms. The van der Waals surface area contributed by atoms with Crippen LogP contribution in [-0.4, -0.2) is 23.5 Å². The topological polar surface area (TPSA) is 88.4 Å². The zero-order chi connectivity index (χ0) is 20.5. The van der Waals surface area contributed by atoms with Gasteiger partial charge in [-0.15, -0.1) is 0 Å². The zero-order valence-electron chi connectivity index (χ0n) is 16.1. The van der Waals surface area contributed by atoms with Crippen molar-refractivity contribution in [3.8, 4) is 0 Å². The third kappa shape index (κ3) is 3.50. The molecule has 0 unspecified atom stereocenters. The minimum atomic E-state index is -0.496. The van der Waals surface area contributed by atoms with Gasteiger partial charge < -0.3 is 9.73 Å². The van der Waals surface area contributed by atoms with Crippen molar-refractivity contribution in [3.05, 3.63) is 88.9 Å². The Bertz CT molecular complexity index is 1100. The molecule has 3 aromatic rings. The molecule has 0 spiro atoms. The normalized spacial score (nSPS) is 14.7. The van der Waals surface area contributed by atoms with Gasteiger partial charge in [0.25, 0.3) is 0 Å². The van der Waals surface area contributed by atoms with Gasteiger partial charge in [-0.05, 0) is 44.2 Å². The summed E-state index contributed by atoms with van der Waals surface area (Å²) in [7, 11) is 0. The lowest BCUT2D eigenvalue weighted by Crippen LogP contribution is -2.39. The van der Waals surface area contributed by atoms with Crippen LogP contribution >= 0.6 is 0 Å². The van der Waals surface area contributed by atoms with Crippen molar-refractivity contribution in [1.82, 2.24) is 5.32 Å². The summed E-state index contributed by atoms with van der Waals surface area (Å²) in [5.41, 5.74) is 1.91. The number of carbonyl (C=O) groups is 3. The zero-order valence-corrected chi connectivity index (χ0v) is 16.1. The van der Waals surface area contributed by atoms with Crippen molar-refractivity contribution in [2.45, 2.75) is 25.9 Å². The van der Waals surface area contributed by atoms with Crippen LogP contribution in [0.15, 0.2) is 65.3 Å². The number of benzene rings is 2. The molecule has 1 aliphatic rings. The summed E-state index contributed by atoms with van der Waals surface area (Å²) in [6, 6.07) is 14.6. The highest BCUT2D eigenvalue weighted by atomic mass is 16.3. The molecule has 0 radical (unpaired) electrons. The standard InChI is InChI=1S/C23H20N2O4/c1-13(20-8-5-11-29-20)24-14(2)23(28)25-15-9-10-18-19(12-15)22(27)17-7-4-3-6-16(17)21(18)26/h3-14,24H,1-2H3,(H,25,28)/t13-,14+/m0/s1. The predicted molar refractivity (Wildman–Crippen MR) is 108 cm³/mol. The number of nitrogens with one attached hydrogen (secondary N) is 2. The third-order valence-corrected chi connectivity index (χ3v) is 5.06. The maximum Gasteiger partial charge on any atom is 0.241 e. The molecule has 0 aliphatic heterocycles. The molecular formula is C23H20N2O4. The van der Waals surface area contributed by atoms with Gasteiger partial charge in [0.15, 0.2) is 11.6 Å². The van der Waals surface area contributed by atoms with Crippen LogP contribution in [0.4, 0.5) is 5.69 Å². The van der Waals surface area contributed by atoms with Gasteiger partial charge in [0.05, 0.1) is 18.3 Å². The lowest BCUT2D eigenvalue weighted by Gasteiger charge is -2.20. The molecule has 1 amide bonds. The maximum atomic E-state index is 12.8. The van der Waals surface area contributed by atoms with Crippen LogP contribution < -0.4 is 10.6 Å². The van der Waals surface area contributed by atoms with Gasteiger partial charge in [-0.25, -0.2) is 0 Å². The highest BCUT2D eigenvalue weighted by Gasteiger charge is 2.29. The number of carbonyl (C=O) groups excluding carboxylic acids is 3. The first kappa shape index (κ1) is 18.8. The Labute approximate surface area is 167 Å². The van der Waals surface area contributed by atoms with E-state index < -0.39 is 6.04 Å². The molecule has 146 valence electrons. The van der Waals surface area contributed by atoms with Crippen molar-refractivity contribution in [3.63, 3.8) is 0 Å². The van der Waals surface area contributed by atoms with Crippen LogP contribution in [0.1, 0.15) is 57.5 Å². The van der Waals surface area contributed by atoms with Crippen molar-refractivity contribution in [2.24, 2.45) is 0 Å². The fraction of sp³-hybridized carbons (Fsp3) is 0.174. The second-order valence-electron chi connectivity index (χ2n) is 7.08. The smallest absolute Gasteiger partial charge is 0.241 e. The van der Waals surface area contributed by atoms with Crippen LogP contribution in [0, 0.1) is 0 Å². The van der Waals surface area contributed by atoms with Crippen LogP contribution in [-0.2, 0) is 4.79 Å². The number of furan rings is 1. The predicted octanol–water partition coefficient (Wildman–Crippen LogP) is 3.73. The van der Waals surface area contributed by atoms with Crippen molar-refractivity contribution >= 4 is 23.2 Å². The van der Waals surface area contributed by atoms with Gasteiger partial charge >= 0.3 is 0 Å². The number of hydrogen-bond donors (Lipinski definition) is 2. The largest absolute Gasteiger partial charge is 0.468 e. The average Bonchev–Trinajstić information content (AvgIpc) is 3.27. The molecule has 2 N–H and O–H groups in total. The summed E-state index contributed by atoms with van der Waals surface area (Å²) in [4.78, 5) is 38.1. The van der Waals surface area contributed by atoms with E-state index >= 15 is 0 Å². The van der Waals surface area contributed by atoms with Gasteiger partial charge in [-0.1, -0.05) is 24.3 Å². The molecule has 4 rings (SSSR count). The van der Waals surface area contributed by atoms with E-state index in [9.17, 15) is 14.4 Å². The molecule has 0 saturated heterocycles. The van der Waals surface area contributed by atoms with E-state index in [-0.39, 0.29) is 23.5 Å². The van der Waals surface area contributed by atoms with Crippen molar-refractivity contribution in [1.29, 1.82) is 0 Å². The Balaban J connectivity index is 1.51. The minimum Gasteiger partial charge on any atom is -0.468 e. The van der Waals surface area contributed by atoms with Gasteiger partial charge in [0, 0.05) is 27.9 Å². The quantitative estimate of drug-likeness (QED) is 0.544. The number of fused-ring (bicyclic) bond motifs is 2. The van der Waals surface area contributed by atoms with E-state index in [1.165, 1.54) is 0 Å². The Morgan fingerprint density at radius 3 is 2.17 bits per heavy atom. The van der Waals surface area contributed by atoms with Crippen LogP contribution in [0.5, 0.6) is 0 Å². The van der Waals surface area contributed by atoms with Gasteiger partial charge in [-0.2, -0.15) is 0 Å². The molecule has 1 heterocycles. The number of anilines is 1. The fourth-order valence-corrected chi connectivity index (χ4v) is 3.50. The van der Waals surface area contributed by atoms with Gasteiger partial charge in [0.1, 0.15) is 5.76 Å². The molecule has 2 aromatic carbocycles. The van der Waals surface area contributed by atoms with Crippen molar-refractivity contribution in [2.75, 3.05) is 5.32 Å². The molecule has 0 saturated carbocycles. The molecule has 2 atom stereocenters. The SMILES string of the molecule is C[C@H](N[C@H](C)C(=O)Nc1ccc2c(c1)C(=O)c1ccccc1C2=O)c1ccco1. The van der Waals surface area contributed by atoms with Gasteiger partial charge in [-0.3, -0.25) is 19.7 Å². The lowest BCUT2D eigenvalue weighted by atomic mass is 9.84. The summed E-state index contributed by atoms with van der Waals surface area (Å²) in [5, 5.41) is 5.97. The van der Waals surface area contributed by atoms with Crippen molar-refractivity contribution < 1.29 is 18.8 Å². The van der Waals surface area contributed by atoms with E-state index in [0.717, 1.165) is 5.76 Å². The highest BCUT2D eigenvalue weighted by Crippen LogP contribution is 2.29. The summed E-state index contributed by atoms with van der Waals surface area (Å²) < 4.78 is 5.34. The average molecular weight is 388 g/mol. The Kier molecular flexibility index (Phi) is 4.86. The Morgan fingerprint density at radius 2 is 1.52 bits per heavy atom. The summed E-state index contributed by atoms with van der Waals surface area (Å²) in [6.45, 7) is 3.65. The number of amides is 1. The molecule has 6 heteroatoms. The molecular weight excluding hydrogens is 368 g/mol. The van der Waals surface area contributed by atoms with Crippen LogP contribution in [0.3, 0.4) is 0 Å². The molecule has 1 aromatic heterocycles. The second kappa shape index (κ2) is 7.48. The number of rotatable bonds is 5. The minimum absolute atomic E-state index is 0.134. The monoisotopic (exact) mass is 388 g/mol. The van der Waals surface area contributed by atoms with E-state index in [1.807, 2.05) is 13.0 Å². The number of ketones is 2. The first-order valence-corrected chi connectivity index (χ1v) is 9.38. The lowest BCUT2D eigenvalue weighted by molar-refractivity contribution is -0.118. The van der Waals surface area contributed by atoms with E-state index in [0.29, 0.717) is 27.9 Å². The first-order chi connectivity index (χ1) is 14.0. The summed E-state index contributed by atoms with van der Waals surface area (Å²) in [5.74, 6) is 0.0823. The molecule has 1 aliphatic carbocycles. The molecule has 0 bridgehead atoms. The van der Waals surface area contributed by atoms with Gasteiger partial charge in [0.2, 0.25) is 5.91 Å². The highest BCUT2D eigenvalue weighted by molar-refractivity contribution is 6.28. The Morgan fingerprint density at radius 1 is 0.862 bits per heavy atom. The fourth-order valence-electron chi connectivity index (χ4n) is 3.50. The number of hydrogen-bond acceptors (Lipinski definition) is 5. The summed E-state index contributed by atoms with van der Waals surface area (Å²) in [6.07, 6.45) is 1.59. The summed E-state index contributed by atoms with van der Waals surface area (Å²) >= 11 is 0. The molecule has 0 fully saturated rings. The van der Waals surface area contributed by atoms with Crippen LogP contribution in [0.25, 0.3) is 0 Å². The van der Waals surface area contributed by atoms with E-state index in [1.54, 1.807) is 61.7 Å². The molecule has 6 nitrogen and oxygen atoms in total. The van der Waals surface area contributed by atoms with Crippen LogP contribution in [0.2, 0.25) is 0 Å². The first-order valence-electron chi connectivity index (χ1n) is 9.38. The Hall–Kier alpha value is -3.51.